The molecule has 0 aliphatic carbocycles. The van der Waals surface area contributed by atoms with Gasteiger partial charge in [-0.2, -0.15) is 0 Å². The minimum absolute atomic E-state index is 0.0547. The van der Waals surface area contributed by atoms with E-state index < -0.39 is 0 Å². The van der Waals surface area contributed by atoms with Gasteiger partial charge in [-0.25, -0.2) is 4.98 Å². The van der Waals surface area contributed by atoms with Crippen molar-refractivity contribution in [3.8, 4) is 34.3 Å². The molecule has 0 saturated carbocycles. The van der Waals surface area contributed by atoms with Crippen molar-refractivity contribution in [2.45, 2.75) is 0 Å². The summed E-state index contributed by atoms with van der Waals surface area (Å²) in [5.74, 6) is 0.609. The second-order valence-electron chi connectivity index (χ2n) is 6.21. The maximum Gasteiger partial charge on any atom is 0.268 e. The van der Waals surface area contributed by atoms with E-state index in [0.29, 0.717) is 22.8 Å². The van der Waals surface area contributed by atoms with Gasteiger partial charge in [0.05, 0.1) is 18.1 Å². The topological polar surface area (TPSA) is 97.9 Å². The summed E-state index contributed by atoms with van der Waals surface area (Å²) in [5, 5.41) is 8.12. The summed E-state index contributed by atoms with van der Waals surface area (Å²) in [6, 6.07) is 10.8. The van der Waals surface area contributed by atoms with E-state index in [4.69, 9.17) is 4.42 Å². The van der Waals surface area contributed by atoms with Gasteiger partial charge < -0.3 is 9.32 Å². The molecule has 0 N–H and O–H groups in total. The van der Waals surface area contributed by atoms with Crippen molar-refractivity contribution in [1.82, 2.24) is 30.0 Å². The number of hydrogen-bond donors (Lipinski definition) is 0. The van der Waals surface area contributed by atoms with Crippen molar-refractivity contribution in [3.63, 3.8) is 0 Å². The van der Waals surface area contributed by atoms with Gasteiger partial charge in [0, 0.05) is 43.2 Å². The molecule has 138 valence electrons. The maximum atomic E-state index is 12.0. The van der Waals surface area contributed by atoms with E-state index in [1.54, 1.807) is 63.1 Å². The van der Waals surface area contributed by atoms with Crippen LogP contribution in [0.3, 0.4) is 0 Å². The minimum Gasteiger partial charge on any atom is -0.415 e. The van der Waals surface area contributed by atoms with E-state index in [1.165, 1.54) is 4.90 Å². The Bertz CT molecular complexity index is 1110. The van der Waals surface area contributed by atoms with Crippen LogP contribution in [0.25, 0.3) is 34.3 Å². The fraction of sp³-hybridized carbons (Fsp3) is 0.100. The van der Waals surface area contributed by atoms with Crippen LogP contribution in [-0.2, 0) is 0 Å². The molecule has 3 aromatic heterocycles. The first-order chi connectivity index (χ1) is 13.6. The van der Waals surface area contributed by atoms with E-state index in [0.717, 1.165) is 11.1 Å². The zero-order valence-electron chi connectivity index (χ0n) is 15.3. The highest BCUT2D eigenvalue weighted by molar-refractivity contribution is 5.94. The van der Waals surface area contributed by atoms with E-state index in [9.17, 15) is 4.79 Å². The van der Waals surface area contributed by atoms with Gasteiger partial charge in [-0.1, -0.05) is 12.1 Å². The highest BCUT2D eigenvalue weighted by atomic mass is 16.4. The van der Waals surface area contributed by atoms with Crippen molar-refractivity contribution in [2.24, 2.45) is 0 Å². The molecule has 4 rings (SSSR count). The van der Waals surface area contributed by atoms with Crippen LogP contribution in [0.1, 0.15) is 10.4 Å². The lowest BCUT2D eigenvalue weighted by atomic mass is 10.1. The quantitative estimate of drug-likeness (QED) is 0.543. The third-order valence-corrected chi connectivity index (χ3v) is 4.04. The molecule has 1 amide bonds. The standard InChI is InChI=1S/C20H16N6O2/c1-26(2)20(27)15-5-3-13(4-6-15)16-11-22-12-17(23-16)19-25-24-18(28-19)14-7-9-21-10-8-14/h3-12H,1-2H3. The summed E-state index contributed by atoms with van der Waals surface area (Å²) in [5.41, 5.74) is 3.33. The highest BCUT2D eigenvalue weighted by Gasteiger charge is 2.14. The first-order valence-corrected chi connectivity index (χ1v) is 8.50. The molecule has 28 heavy (non-hydrogen) atoms. The Morgan fingerprint density at radius 1 is 0.821 bits per heavy atom. The Morgan fingerprint density at radius 3 is 2.21 bits per heavy atom. The molecule has 0 atom stereocenters. The van der Waals surface area contributed by atoms with Crippen molar-refractivity contribution < 1.29 is 9.21 Å². The normalized spacial score (nSPS) is 10.6. The van der Waals surface area contributed by atoms with Crippen molar-refractivity contribution >= 4 is 5.91 Å². The number of pyridine rings is 1. The highest BCUT2D eigenvalue weighted by Crippen LogP contribution is 2.24. The van der Waals surface area contributed by atoms with Crippen LogP contribution in [0.15, 0.2) is 65.6 Å². The molecule has 1 aromatic carbocycles. The molecule has 0 aliphatic rings. The first kappa shape index (κ1) is 17.5. The van der Waals surface area contributed by atoms with Gasteiger partial charge in [-0.05, 0) is 24.3 Å². The predicted molar refractivity (Wildman–Crippen MR) is 102 cm³/mol. The van der Waals surface area contributed by atoms with Gasteiger partial charge in [0.15, 0.2) is 0 Å². The smallest absolute Gasteiger partial charge is 0.268 e. The number of aromatic nitrogens is 5. The van der Waals surface area contributed by atoms with Gasteiger partial charge in [0.2, 0.25) is 5.89 Å². The molecule has 4 aromatic rings. The average Bonchev–Trinajstić information content (AvgIpc) is 3.24. The number of carbonyl (C=O) groups excluding carboxylic acids is 1. The van der Waals surface area contributed by atoms with E-state index in [2.05, 4.69) is 25.1 Å². The molecular weight excluding hydrogens is 356 g/mol. The van der Waals surface area contributed by atoms with Crippen LogP contribution in [0.2, 0.25) is 0 Å². The summed E-state index contributed by atoms with van der Waals surface area (Å²) in [7, 11) is 3.44. The number of nitrogens with zero attached hydrogens (tertiary/aromatic N) is 6. The Balaban J connectivity index is 1.62. The molecule has 0 unspecified atom stereocenters. The largest absolute Gasteiger partial charge is 0.415 e. The Hall–Kier alpha value is -3.94. The van der Waals surface area contributed by atoms with Gasteiger partial charge in [-0.15, -0.1) is 10.2 Å². The SMILES string of the molecule is CN(C)C(=O)c1ccc(-c2cncc(-c3nnc(-c4ccncc4)o3)n2)cc1. The van der Waals surface area contributed by atoms with Crippen molar-refractivity contribution in [2.75, 3.05) is 14.1 Å². The molecule has 0 bridgehead atoms. The third-order valence-electron chi connectivity index (χ3n) is 4.04. The molecular formula is C20H16N6O2. The monoisotopic (exact) mass is 372 g/mol. The van der Waals surface area contributed by atoms with Crippen LogP contribution < -0.4 is 0 Å². The second kappa shape index (κ2) is 7.36. The predicted octanol–water partition coefficient (Wildman–Crippen LogP) is 2.96. The number of hydrogen-bond acceptors (Lipinski definition) is 7. The Morgan fingerprint density at radius 2 is 1.50 bits per heavy atom. The number of rotatable bonds is 4. The second-order valence-corrected chi connectivity index (χ2v) is 6.21. The fourth-order valence-corrected chi connectivity index (χ4v) is 2.59. The molecule has 3 heterocycles. The molecule has 8 nitrogen and oxygen atoms in total. The average molecular weight is 372 g/mol. The Kier molecular flexibility index (Phi) is 4.59. The summed E-state index contributed by atoms with van der Waals surface area (Å²) in [6.45, 7) is 0. The zero-order chi connectivity index (χ0) is 19.5. The number of benzene rings is 1. The Labute approximate surface area is 160 Å². The van der Waals surface area contributed by atoms with Gasteiger partial charge >= 0.3 is 0 Å². The molecule has 8 heteroatoms. The summed E-state index contributed by atoms with van der Waals surface area (Å²) in [4.78, 5) is 26.3. The van der Waals surface area contributed by atoms with E-state index in [1.807, 2.05) is 12.1 Å². The lowest BCUT2D eigenvalue weighted by Crippen LogP contribution is -2.21. The van der Waals surface area contributed by atoms with Crippen molar-refractivity contribution in [3.05, 3.63) is 66.7 Å². The molecule has 0 saturated heterocycles. The molecule has 0 spiro atoms. The van der Waals surface area contributed by atoms with Crippen LogP contribution >= 0.6 is 0 Å². The van der Waals surface area contributed by atoms with Gasteiger partial charge in [-0.3, -0.25) is 14.8 Å². The van der Waals surface area contributed by atoms with Crippen LogP contribution in [0.5, 0.6) is 0 Å². The number of amides is 1. The van der Waals surface area contributed by atoms with Crippen LogP contribution in [0, 0.1) is 0 Å². The third kappa shape index (κ3) is 3.48. The summed E-state index contributed by atoms with van der Waals surface area (Å²) in [6.07, 6.45) is 6.53. The van der Waals surface area contributed by atoms with Gasteiger partial charge in [0.1, 0.15) is 5.69 Å². The van der Waals surface area contributed by atoms with Crippen LogP contribution in [0.4, 0.5) is 0 Å². The maximum absolute atomic E-state index is 12.0. The summed E-state index contributed by atoms with van der Waals surface area (Å²) < 4.78 is 5.72. The first-order valence-electron chi connectivity index (χ1n) is 8.50. The molecule has 0 aliphatic heterocycles. The zero-order valence-corrected chi connectivity index (χ0v) is 15.3. The lowest BCUT2D eigenvalue weighted by Gasteiger charge is -2.10. The lowest BCUT2D eigenvalue weighted by molar-refractivity contribution is 0.0827. The molecule has 0 radical (unpaired) electrons. The van der Waals surface area contributed by atoms with E-state index >= 15 is 0 Å². The van der Waals surface area contributed by atoms with Crippen LogP contribution in [-0.4, -0.2) is 50.1 Å². The fourth-order valence-electron chi connectivity index (χ4n) is 2.59. The number of carbonyl (C=O) groups is 1. The summed E-state index contributed by atoms with van der Waals surface area (Å²) >= 11 is 0. The van der Waals surface area contributed by atoms with E-state index in [-0.39, 0.29) is 11.8 Å². The van der Waals surface area contributed by atoms with Gasteiger partial charge in [0.25, 0.3) is 11.8 Å². The molecule has 0 fully saturated rings. The van der Waals surface area contributed by atoms with Crippen molar-refractivity contribution in [1.29, 1.82) is 0 Å². The minimum atomic E-state index is -0.0547.